The summed E-state index contributed by atoms with van der Waals surface area (Å²) in [5, 5.41) is 3.39. The van der Waals surface area contributed by atoms with Crippen molar-refractivity contribution in [2.24, 2.45) is 5.92 Å². The van der Waals surface area contributed by atoms with Gasteiger partial charge >= 0.3 is 0 Å². The SMILES string of the molecule is C[C@H]1CN(C(=O)C2CCCCCC2)CCN1. The predicted molar refractivity (Wildman–Crippen MR) is 65.2 cm³/mol. The van der Waals surface area contributed by atoms with Crippen molar-refractivity contribution in [1.29, 1.82) is 0 Å². The molecule has 2 aliphatic rings. The van der Waals surface area contributed by atoms with E-state index in [1.807, 2.05) is 0 Å². The van der Waals surface area contributed by atoms with Crippen LogP contribution in [0.4, 0.5) is 0 Å². The van der Waals surface area contributed by atoms with E-state index in [-0.39, 0.29) is 0 Å². The summed E-state index contributed by atoms with van der Waals surface area (Å²) in [5.41, 5.74) is 0. The van der Waals surface area contributed by atoms with Gasteiger partial charge in [-0.2, -0.15) is 0 Å². The molecule has 0 aromatic rings. The standard InChI is InChI=1S/C13H24N2O/c1-11-10-15(9-8-14-11)13(16)12-6-4-2-3-5-7-12/h11-12,14H,2-10H2,1H3/t11-/m0/s1. The lowest BCUT2D eigenvalue weighted by Gasteiger charge is -2.34. The Balaban J connectivity index is 1.89. The van der Waals surface area contributed by atoms with E-state index in [9.17, 15) is 4.79 Å². The Morgan fingerprint density at radius 2 is 1.88 bits per heavy atom. The summed E-state index contributed by atoms with van der Waals surface area (Å²) in [4.78, 5) is 14.4. The Hall–Kier alpha value is -0.570. The van der Waals surface area contributed by atoms with Crippen LogP contribution in [0.15, 0.2) is 0 Å². The van der Waals surface area contributed by atoms with E-state index < -0.39 is 0 Å². The number of carbonyl (C=O) groups is 1. The molecule has 0 unspecified atom stereocenters. The Labute approximate surface area is 98.6 Å². The van der Waals surface area contributed by atoms with Crippen molar-refractivity contribution in [3.05, 3.63) is 0 Å². The average Bonchev–Trinajstić information content (AvgIpc) is 2.56. The molecule has 1 amide bonds. The third kappa shape index (κ3) is 2.97. The van der Waals surface area contributed by atoms with Crippen molar-refractivity contribution in [3.8, 4) is 0 Å². The van der Waals surface area contributed by atoms with Crippen LogP contribution in [0, 0.1) is 5.92 Å². The van der Waals surface area contributed by atoms with E-state index in [0.29, 0.717) is 17.9 Å². The molecule has 2 fully saturated rings. The van der Waals surface area contributed by atoms with Crippen molar-refractivity contribution in [3.63, 3.8) is 0 Å². The molecule has 0 bridgehead atoms. The van der Waals surface area contributed by atoms with Crippen molar-refractivity contribution in [1.82, 2.24) is 10.2 Å². The van der Waals surface area contributed by atoms with Gasteiger partial charge in [-0.15, -0.1) is 0 Å². The van der Waals surface area contributed by atoms with Gasteiger partial charge in [0.25, 0.3) is 0 Å². The fraction of sp³-hybridized carbons (Fsp3) is 0.923. The highest BCUT2D eigenvalue weighted by Gasteiger charge is 2.27. The number of hydrogen-bond donors (Lipinski definition) is 1. The lowest BCUT2D eigenvalue weighted by Crippen LogP contribution is -2.52. The van der Waals surface area contributed by atoms with Gasteiger partial charge in [-0.1, -0.05) is 25.7 Å². The maximum Gasteiger partial charge on any atom is 0.225 e. The van der Waals surface area contributed by atoms with E-state index in [1.54, 1.807) is 0 Å². The van der Waals surface area contributed by atoms with Crippen LogP contribution in [0.2, 0.25) is 0 Å². The van der Waals surface area contributed by atoms with Gasteiger partial charge in [-0.25, -0.2) is 0 Å². The molecule has 16 heavy (non-hydrogen) atoms. The molecule has 0 radical (unpaired) electrons. The van der Waals surface area contributed by atoms with Gasteiger partial charge < -0.3 is 10.2 Å². The molecule has 3 heteroatoms. The van der Waals surface area contributed by atoms with Crippen molar-refractivity contribution in [2.75, 3.05) is 19.6 Å². The number of carbonyl (C=O) groups excluding carboxylic acids is 1. The van der Waals surface area contributed by atoms with Crippen LogP contribution in [0.25, 0.3) is 0 Å². The first kappa shape index (κ1) is 11.9. The fourth-order valence-corrected chi connectivity index (χ4v) is 2.92. The van der Waals surface area contributed by atoms with Gasteiger partial charge in [-0.05, 0) is 19.8 Å². The molecule has 1 atom stereocenters. The second-order valence-corrected chi connectivity index (χ2v) is 5.33. The van der Waals surface area contributed by atoms with Crippen LogP contribution in [0.1, 0.15) is 45.4 Å². The van der Waals surface area contributed by atoms with Crippen LogP contribution in [-0.4, -0.2) is 36.5 Å². The predicted octanol–water partition coefficient (Wildman–Crippen LogP) is 1.78. The molecule has 1 saturated heterocycles. The molecule has 1 aliphatic heterocycles. The minimum atomic E-state index is 0.327. The molecule has 0 aromatic heterocycles. The average molecular weight is 224 g/mol. The van der Waals surface area contributed by atoms with Crippen molar-refractivity contribution in [2.45, 2.75) is 51.5 Å². The first-order chi connectivity index (χ1) is 7.77. The lowest BCUT2D eigenvalue weighted by molar-refractivity contribution is -0.137. The highest BCUT2D eigenvalue weighted by atomic mass is 16.2. The first-order valence-electron chi connectivity index (χ1n) is 6.79. The molecule has 1 heterocycles. The Bertz CT molecular complexity index is 230. The second kappa shape index (κ2) is 5.67. The fourth-order valence-electron chi connectivity index (χ4n) is 2.92. The molecule has 1 aliphatic carbocycles. The monoisotopic (exact) mass is 224 g/mol. The summed E-state index contributed by atoms with van der Waals surface area (Å²) in [6.07, 6.45) is 7.38. The van der Waals surface area contributed by atoms with E-state index >= 15 is 0 Å². The molecular weight excluding hydrogens is 200 g/mol. The molecule has 2 rings (SSSR count). The Morgan fingerprint density at radius 1 is 1.19 bits per heavy atom. The second-order valence-electron chi connectivity index (χ2n) is 5.33. The largest absolute Gasteiger partial charge is 0.340 e. The zero-order valence-corrected chi connectivity index (χ0v) is 10.4. The maximum atomic E-state index is 12.3. The van der Waals surface area contributed by atoms with Gasteiger partial charge in [0.05, 0.1) is 0 Å². The summed E-state index contributed by atoms with van der Waals surface area (Å²) >= 11 is 0. The van der Waals surface area contributed by atoms with Gasteiger partial charge in [0.2, 0.25) is 5.91 Å². The van der Waals surface area contributed by atoms with Gasteiger partial charge in [0, 0.05) is 31.6 Å². The van der Waals surface area contributed by atoms with Gasteiger partial charge in [0.15, 0.2) is 0 Å². The molecule has 1 saturated carbocycles. The summed E-state index contributed by atoms with van der Waals surface area (Å²) in [5.74, 6) is 0.753. The van der Waals surface area contributed by atoms with Crippen LogP contribution in [0.5, 0.6) is 0 Å². The summed E-state index contributed by atoms with van der Waals surface area (Å²) in [7, 11) is 0. The number of hydrogen-bond acceptors (Lipinski definition) is 2. The Morgan fingerprint density at radius 3 is 2.50 bits per heavy atom. The van der Waals surface area contributed by atoms with Crippen molar-refractivity contribution >= 4 is 5.91 Å². The number of amides is 1. The summed E-state index contributed by atoms with van der Waals surface area (Å²) < 4.78 is 0. The molecule has 0 aromatic carbocycles. The van der Waals surface area contributed by atoms with Crippen molar-refractivity contribution < 1.29 is 4.79 Å². The Kier molecular flexibility index (Phi) is 4.22. The first-order valence-corrected chi connectivity index (χ1v) is 6.79. The minimum Gasteiger partial charge on any atom is -0.340 e. The highest BCUT2D eigenvalue weighted by Crippen LogP contribution is 2.24. The molecule has 1 N–H and O–H groups in total. The molecule has 3 nitrogen and oxygen atoms in total. The van der Waals surface area contributed by atoms with E-state index in [0.717, 1.165) is 32.5 Å². The van der Waals surface area contributed by atoms with Gasteiger partial charge in [0.1, 0.15) is 0 Å². The summed E-state index contributed by atoms with van der Waals surface area (Å²) in [6, 6.07) is 0.462. The number of piperazine rings is 1. The summed E-state index contributed by atoms with van der Waals surface area (Å²) in [6.45, 7) is 4.92. The normalized spacial score (nSPS) is 28.8. The number of rotatable bonds is 1. The lowest BCUT2D eigenvalue weighted by atomic mass is 9.98. The van der Waals surface area contributed by atoms with Crippen LogP contribution in [0.3, 0.4) is 0 Å². The number of nitrogens with zero attached hydrogens (tertiary/aromatic N) is 1. The zero-order chi connectivity index (χ0) is 11.4. The third-order valence-corrected chi connectivity index (χ3v) is 3.88. The highest BCUT2D eigenvalue weighted by molar-refractivity contribution is 5.79. The smallest absolute Gasteiger partial charge is 0.225 e. The van der Waals surface area contributed by atoms with Crippen LogP contribution < -0.4 is 5.32 Å². The molecule has 0 spiro atoms. The van der Waals surface area contributed by atoms with Crippen LogP contribution >= 0.6 is 0 Å². The molecule has 92 valence electrons. The minimum absolute atomic E-state index is 0.327. The topological polar surface area (TPSA) is 32.3 Å². The zero-order valence-electron chi connectivity index (χ0n) is 10.4. The quantitative estimate of drug-likeness (QED) is 0.689. The number of nitrogens with one attached hydrogen (secondary N) is 1. The maximum absolute atomic E-state index is 12.3. The third-order valence-electron chi connectivity index (χ3n) is 3.88. The van der Waals surface area contributed by atoms with Gasteiger partial charge in [-0.3, -0.25) is 4.79 Å². The van der Waals surface area contributed by atoms with E-state index in [1.165, 1.54) is 25.7 Å². The molecular formula is C13H24N2O. The van der Waals surface area contributed by atoms with E-state index in [2.05, 4.69) is 17.1 Å². The van der Waals surface area contributed by atoms with E-state index in [4.69, 9.17) is 0 Å². The van der Waals surface area contributed by atoms with Crippen LogP contribution in [-0.2, 0) is 4.79 Å².